The van der Waals surface area contributed by atoms with Crippen LogP contribution in [0.2, 0.25) is 0 Å². The van der Waals surface area contributed by atoms with E-state index in [0.717, 1.165) is 6.42 Å². The second-order valence-electron chi connectivity index (χ2n) is 4.33. The number of thioether (sulfide) groups is 1. The van der Waals surface area contributed by atoms with Crippen LogP contribution in [0.4, 0.5) is 10.1 Å². The molecule has 104 valence electrons. The van der Waals surface area contributed by atoms with Gasteiger partial charge in [0.25, 0.3) is 5.91 Å². The Bertz CT molecular complexity index is 472. The van der Waals surface area contributed by atoms with Crippen LogP contribution in [0, 0.1) is 5.82 Å². The molecule has 2 unspecified atom stereocenters. The maximum atomic E-state index is 13.1. The molecule has 5 N–H and O–H groups in total. The van der Waals surface area contributed by atoms with E-state index >= 15 is 0 Å². The zero-order chi connectivity index (χ0) is 13.8. The smallest absolute Gasteiger partial charge is 0.263 e. The van der Waals surface area contributed by atoms with Crippen molar-refractivity contribution in [1.29, 1.82) is 0 Å². The zero-order valence-electron chi connectivity index (χ0n) is 10.3. The van der Waals surface area contributed by atoms with Gasteiger partial charge in [0, 0.05) is 16.3 Å². The zero-order valence-corrected chi connectivity index (χ0v) is 11.1. The summed E-state index contributed by atoms with van der Waals surface area (Å²) in [5, 5.41) is 0. The van der Waals surface area contributed by atoms with Crippen molar-refractivity contribution in [3.63, 3.8) is 0 Å². The second-order valence-corrected chi connectivity index (χ2v) is 5.39. The van der Waals surface area contributed by atoms with Gasteiger partial charge in [0.05, 0.1) is 6.10 Å². The Morgan fingerprint density at radius 3 is 3.05 bits per heavy atom. The predicted octanol–water partition coefficient (Wildman–Crippen LogP) is 1.04. The molecule has 0 saturated carbocycles. The van der Waals surface area contributed by atoms with Crippen LogP contribution in [0.25, 0.3) is 0 Å². The van der Waals surface area contributed by atoms with Gasteiger partial charge in [-0.05, 0) is 31.0 Å². The second kappa shape index (κ2) is 6.23. The first-order valence-corrected chi connectivity index (χ1v) is 6.92. The molecule has 1 aliphatic heterocycles. The number of carbonyl (C=O) groups is 1. The SMILES string of the molecule is NNC(=O)C1CCC(CSc2cc(F)ccc2N)O1. The lowest BCUT2D eigenvalue weighted by Crippen LogP contribution is -2.39. The van der Waals surface area contributed by atoms with Gasteiger partial charge in [-0.15, -0.1) is 11.8 Å². The van der Waals surface area contributed by atoms with Crippen molar-refractivity contribution in [2.24, 2.45) is 5.84 Å². The molecule has 19 heavy (non-hydrogen) atoms. The molecule has 1 amide bonds. The summed E-state index contributed by atoms with van der Waals surface area (Å²) in [6.45, 7) is 0. The maximum Gasteiger partial charge on any atom is 0.263 e. The molecule has 0 aromatic heterocycles. The molecule has 1 fully saturated rings. The third-order valence-electron chi connectivity index (χ3n) is 2.94. The molecule has 7 heteroatoms. The molecule has 0 radical (unpaired) electrons. The normalized spacial score (nSPS) is 22.4. The van der Waals surface area contributed by atoms with Crippen LogP contribution >= 0.6 is 11.8 Å². The highest BCUT2D eigenvalue weighted by atomic mass is 32.2. The third-order valence-corrected chi connectivity index (χ3v) is 4.15. The van der Waals surface area contributed by atoms with Crippen molar-refractivity contribution >= 4 is 23.4 Å². The first-order valence-electron chi connectivity index (χ1n) is 5.94. The quantitative estimate of drug-likeness (QED) is 0.253. The van der Waals surface area contributed by atoms with E-state index in [1.54, 1.807) is 0 Å². The fourth-order valence-electron chi connectivity index (χ4n) is 1.93. The molecular weight excluding hydrogens is 269 g/mol. The number of hydrogen-bond donors (Lipinski definition) is 3. The summed E-state index contributed by atoms with van der Waals surface area (Å²) >= 11 is 1.43. The number of benzene rings is 1. The van der Waals surface area contributed by atoms with Crippen molar-refractivity contribution in [1.82, 2.24) is 5.43 Å². The molecule has 1 aromatic carbocycles. The number of anilines is 1. The Kier molecular flexibility index (Phi) is 4.62. The van der Waals surface area contributed by atoms with Gasteiger partial charge >= 0.3 is 0 Å². The van der Waals surface area contributed by atoms with Crippen molar-refractivity contribution in [3.8, 4) is 0 Å². The Hall–Kier alpha value is -1.31. The van der Waals surface area contributed by atoms with Crippen molar-refractivity contribution in [3.05, 3.63) is 24.0 Å². The fourth-order valence-corrected chi connectivity index (χ4v) is 2.97. The number of hydrogen-bond acceptors (Lipinski definition) is 5. The number of rotatable bonds is 4. The Labute approximate surface area is 114 Å². The van der Waals surface area contributed by atoms with Gasteiger partial charge in [0.1, 0.15) is 11.9 Å². The number of carbonyl (C=O) groups excluding carboxylic acids is 1. The monoisotopic (exact) mass is 285 g/mol. The van der Waals surface area contributed by atoms with Crippen LogP contribution in [0.3, 0.4) is 0 Å². The van der Waals surface area contributed by atoms with Crippen LogP contribution in [0.15, 0.2) is 23.1 Å². The first kappa shape index (κ1) is 14.1. The highest BCUT2D eigenvalue weighted by Gasteiger charge is 2.30. The number of nitrogen functional groups attached to an aromatic ring is 1. The lowest BCUT2D eigenvalue weighted by atomic mass is 10.2. The number of hydrazine groups is 1. The number of ether oxygens (including phenoxy) is 1. The summed E-state index contributed by atoms with van der Waals surface area (Å²) in [6, 6.07) is 4.27. The van der Waals surface area contributed by atoms with Crippen molar-refractivity contribution < 1.29 is 13.9 Å². The van der Waals surface area contributed by atoms with E-state index < -0.39 is 6.10 Å². The van der Waals surface area contributed by atoms with E-state index in [-0.39, 0.29) is 17.8 Å². The Balaban J connectivity index is 1.87. The van der Waals surface area contributed by atoms with E-state index in [0.29, 0.717) is 22.8 Å². The molecule has 1 aromatic rings. The predicted molar refractivity (Wildman–Crippen MR) is 71.8 cm³/mol. The molecule has 0 aliphatic carbocycles. The minimum Gasteiger partial charge on any atom is -0.398 e. The summed E-state index contributed by atoms with van der Waals surface area (Å²) < 4.78 is 18.7. The fraction of sp³-hybridized carbons (Fsp3) is 0.417. The topological polar surface area (TPSA) is 90.4 Å². The molecule has 2 atom stereocenters. The molecule has 1 saturated heterocycles. The van der Waals surface area contributed by atoms with Crippen LogP contribution < -0.4 is 17.0 Å². The third kappa shape index (κ3) is 3.59. The van der Waals surface area contributed by atoms with Gasteiger partial charge in [0.15, 0.2) is 0 Å². The number of halogens is 1. The van der Waals surface area contributed by atoms with E-state index in [1.165, 1.54) is 30.0 Å². The van der Waals surface area contributed by atoms with Crippen LogP contribution in [0.1, 0.15) is 12.8 Å². The van der Waals surface area contributed by atoms with Crippen molar-refractivity contribution in [2.75, 3.05) is 11.5 Å². The van der Waals surface area contributed by atoms with Crippen LogP contribution in [0.5, 0.6) is 0 Å². The summed E-state index contributed by atoms with van der Waals surface area (Å²) in [7, 11) is 0. The number of amides is 1. The highest BCUT2D eigenvalue weighted by Crippen LogP contribution is 2.30. The van der Waals surface area contributed by atoms with Gasteiger partial charge < -0.3 is 10.5 Å². The Morgan fingerprint density at radius 1 is 1.53 bits per heavy atom. The number of nitrogens with one attached hydrogen (secondary N) is 1. The van der Waals surface area contributed by atoms with E-state index in [2.05, 4.69) is 5.43 Å². The molecule has 0 bridgehead atoms. The summed E-state index contributed by atoms with van der Waals surface area (Å²) in [4.78, 5) is 12.0. The maximum absolute atomic E-state index is 13.1. The van der Waals surface area contributed by atoms with Gasteiger partial charge in [-0.3, -0.25) is 10.2 Å². The van der Waals surface area contributed by atoms with Crippen LogP contribution in [-0.2, 0) is 9.53 Å². The number of nitrogens with two attached hydrogens (primary N) is 2. The van der Waals surface area contributed by atoms with E-state index in [9.17, 15) is 9.18 Å². The van der Waals surface area contributed by atoms with E-state index in [1.807, 2.05) is 0 Å². The Morgan fingerprint density at radius 2 is 2.32 bits per heavy atom. The van der Waals surface area contributed by atoms with Gasteiger partial charge in [-0.1, -0.05) is 0 Å². The standard InChI is InChI=1S/C12H16FN3O2S/c13-7-1-3-9(14)11(5-7)19-6-8-2-4-10(18-8)12(17)16-15/h1,3,5,8,10H,2,4,6,14-15H2,(H,16,17). The minimum absolute atomic E-state index is 0.0463. The molecule has 2 rings (SSSR count). The molecule has 0 spiro atoms. The average molecular weight is 285 g/mol. The van der Waals surface area contributed by atoms with E-state index in [4.69, 9.17) is 16.3 Å². The average Bonchev–Trinajstić information content (AvgIpc) is 2.88. The lowest BCUT2D eigenvalue weighted by Gasteiger charge is -2.13. The lowest BCUT2D eigenvalue weighted by molar-refractivity contribution is -0.131. The molecule has 5 nitrogen and oxygen atoms in total. The van der Waals surface area contributed by atoms with Gasteiger partial charge in [-0.25, -0.2) is 10.2 Å². The van der Waals surface area contributed by atoms with Crippen molar-refractivity contribution in [2.45, 2.75) is 29.9 Å². The molecule has 1 aliphatic rings. The largest absolute Gasteiger partial charge is 0.398 e. The first-order chi connectivity index (χ1) is 9.10. The van der Waals surface area contributed by atoms with Gasteiger partial charge in [-0.2, -0.15) is 0 Å². The molecule has 1 heterocycles. The molecular formula is C12H16FN3O2S. The summed E-state index contributed by atoms with van der Waals surface area (Å²) in [5.74, 6) is 5.06. The summed E-state index contributed by atoms with van der Waals surface area (Å²) in [5.41, 5.74) is 8.38. The van der Waals surface area contributed by atoms with Gasteiger partial charge in [0.2, 0.25) is 0 Å². The highest BCUT2D eigenvalue weighted by molar-refractivity contribution is 7.99. The summed E-state index contributed by atoms with van der Waals surface area (Å²) in [6.07, 6.45) is 0.892. The minimum atomic E-state index is -0.486. The van der Waals surface area contributed by atoms with Crippen LogP contribution in [-0.4, -0.2) is 23.9 Å².